The molecule has 0 aliphatic heterocycles. The molecule has 17 heavy (non-hydrogen) atoms. The molecule has 0 saturated heterocycles. The largest absolute Gasteiger partial charge is 0.494 e. The second-order valence-corrected chi connectivity index (χ2v) is 3.78. The highest BCUT2D eigenvalue weighted by molar-refractivity contribution is 6.28. The molecule has 1 N–H and O–H groups in total. The lowest BCUT2D eigenvalue weighted by molar-refractivity contribution is 0.386. The molecule has 90 valence electrons. The van der Waals surface area contributed by atoms with Crippen LogP contribution in [-0.4, -0.2) is 7.11 Å². The molecule has 0 amide bonds. The third-order valence-corrected chi connectivity index (χ3v) is 2.45. The number of furan rings is 1. The van der Waals surface area contributed by atoms with Gasteiger partial charge < -0.3 is 14.5 Å². The first-order chi connectivity index (χ1) is 8.19. The van der Waals surface area contributed by atoms with Crippen LogP contribution >= 0.6 is 11.6 Å². The first-order valence-electron chi connectivity index (χ1n) is 5.00. The molecule has 5 heteroatoms. The molecule has 0 aliphatic carbocycles. The molecule has 2 aromatic rings. The predicted octanol–water partition coefficient (Wildman–Crippen LogP) is 3.69. The van der Waals surface area contributed by atoms with Crippen molar-refractivity contribution >= 4 is 17.3 Å². The van der Waals surface area contributed by atoms with Crippen molar-refractivity contribution in [2.45, 2.75) is 6.54 Å². The second kappa shape index (κ2) is 5.10. The van der Waals surface area contributed by atoms with Crippen molar-refractivity contribution in [2.75, 3.05) is 12.4 Å². The van der Waals surface area contributed by atoms with Crippen LogP contribution in [0, 0.1) is 5.82 Å². The monoisotopic (exact) mass is 255 g/mol. The third kappa shape index (κ3) is 2.91. The van der Waals surface area contributed by atoms with Crippen LogP contribution in [0.4, 0.5) is 10.1 Å². The lowest BCUT2D eigenvalue weighted by Gasteiger charge is -2.06. The van der Waals surface area contributed by atoms with E-state index in [1.54, 1.807) is 24.3 Å². The number of anilines is 1. The van der Waals surface area contributed by atoms with Gasteiger partial charge >= 0.3 is 0 Å². The highest BCUT2D eigenvalue weighted by Gasteiger charge is 2.04. The molecule has 0 fully saturated rings. The Kier molecular flexibility index (Phi) is 3.54. The summed E-state index contributed by atoms with van der Waals surface area (Å²) in [6.07, 6.45) is 0. The van der Waals surface area contributed by atoms with E-state index < -0.39 is 5.82 Å². The van der Waals surface area contributed by atoms with Crippen molar-refractivity contribution in [3.63, 3.8) is 0 Å². The maximum atomic E-state index is 13.4. The average molecular weight is 256 g/mol. The van der Waals surface area contributed by atoms with E-state index in [4.69, 9.17) is 20.8 Å². The van der Waals surface area contributed by atoms with Gasteiger partial charge in [-0.05, 0) is 35.9 Å². The molecule has 2 rings (SSSR count). The smallest absolute Gasteiger partial charge is 0.193 e. The maximum absolute atomic E-state index is 13.4. The summed E-state index contributed by atoms with van der Waals surface area (Å²) in [5.41, 5.74) is 0.649. The fraction of sp³-hybridized carbons (Fsp3) is 0.167. The van der Waals surface area contributed by atoms with Crippen molar-refractivity contribution in [1.29, 1.82) is 0 Å². The number of nitrogens with one attached hydrogen (secondary N) is 1. The van der Waals surface area contributed by atoms with Gasteiger partial charge in [0, 0.05) is 11.8 Å². The van der Waals surface area contributed by atoms with Crippen LogP contribution in [0.25, 0.3) is 0 Å². The van der Waals surface area contributed by atoms with Gasteiger partial charge in [-0.25, -0.2) is 4.39 Å². The number of hydrogen-bond acceptors (Lipinski definition) is 3. The molecule has 0 radical (unpaired) electrons. The van der Waals surface area contributed by atoms with Gasteiger partial charge in [0.1, 0.15) is 5.76 Å². The third-order valence-electron chi connectivity index (χ3n) is 2.25. The van der Waals surface area contributed by atoms with Crippen LogP contribution in [0.2, 0.25) is 5.22 Å². The summed E-state index contributed by atoms with van der Waals surface area (Å²) < 4.78 is 23.4. The summed E-state index contributed by atoms with van der Waals surface area (Å²) in [5, 5.41) is 3.35. The van der Waals surface area contributed by atoms with Crippen molar-refractivity contribution in [3.8, 4) is 5.75 Å². The van der Waals surface area contributed by atoms with Crippen LogP contribution in [0.1, 0.15) is 5.76 Å². The van der Waals surface area contributed by atoms with E-state index in [1.807, 2.05) is 0 Å². The van der Waals surface area contributed by atoms with Crippen molar-refractivity contribution in [1.82, 2.24) is 0 Å². The number of halogens is 2. The zero-order valence-electron chi connectivity index (χ0n) is 9.17. The first-order valence-corrected chi connectivity index (χ1v) is 5.38. The van der Waals surface area contributed by atoms with Crippen LogP contribution in [0.3, 0.4) is 0 Å². The predicted molar refractivity (Wildman–Crippen MR) is 64.0 cm³/mol. The standard InChI is InChI=1S/C12H11ClFNO2/c1-16-11-4-2-8(6-10(11)14)15-7-9-3-5-12(13)17-9/h2-6,15H,7H2,1H3. The van der Waals surface area contributed by atoms with Gasteiger partial charge in [0.25, 0.3) is 0 Å². The van der Waals surface area contributed by atoms with E-state index in [-0.39, 0.29) is 5.75 Å². The number of ether oxygens (including phenoxy) is 1. The summed E-state index contributed by atoms with van der Waals surface area (Å²) in [6.45, 7) is 0.443. The van der Waals surface area contributed by atoms with E-state index >= 15 is 0 Å². The Hall–Kier alpha value is -1.68. The topological polar surface area (TPSA) is 34.4 Å². The summed E-state index contributed by atoms with van der Waals surface area (Å²) in [5.74, 6) is 0.498. The molecule has 0 aliphatic rings. The highest BCUT2D eigenvalue weighted by atomic mass is 35.5. The minimum absolute atomic E-state index is 0.219. The zero-order chi connectivity index (χ0) is 12.3. The average Bonchev–Trinajstić information content (AvgIpc) is 2.73. The molecule has 0 saturated carbocycles. The van der Waals surface area contributed by atoms with E-state index in [9.17, 15) is 4.39 Å². The molecule has 0 atom stereocenters. The van der Waals surface area contributed by atoms with Gasteiger partial charge in [-0.1, -0.05) is 0 Å². The number of benzene rings is 1. The molecular weight excluding hydrogens is 245 g/mol. The summed E-state index contributed by atoms with van der Waals surface area (Å²) in [6, 6.07) is 8.07. The minimum atomic E-state index is -0.407. The van der Waals surface area contributed by atoms with E-state index in [0.717, 1.165) is 0 Å². The van der Waals surface area contributed by atoms with Gasteiger partial charge in [-0.3, -0.25) is 0 Å². The molecule has 1 heterocycles. The van der Waals surface area contributed by atoms with Gasteiger partial charge in [-0.2, -0.15) is 0 Å². The molecule has 3 nitrogen and oxygen atoms in total. The maximum Gasteiger partial charge on any atom is 0.193 e. The van der Waals surface area contributed by atoms with Crippen LogP contribution in [-0.2, 0) is 6.54 Å². The Balaban J connectivity index is 2.02. The van der Waals surface area contributed by atoms with E-state index in [1.165, 1.54) is 13.2 Å². The van der Waals surface area contributed by atoms with Gasteiger partial charge in [-0.15, -0.1) is 0 Å². The summed E-state index contributed by atoms with van der Waals surface area (Å²) in [7, 11) is 1.43. The van der Waals surface area contributed by atoms with Crippen LogP contribution in [0.5, 0.6) is 5.75 Å². The van der Waals surface area contributed by atoms with Crippen molar-refractivity contribution in [3.05, 3.63) is 47.1 Å². The number of hydrogen-bond donors (Lipinski definition) is 1. The number of methoxy groups -OCH3 is 1. The van der Waals surface area contributed by atoms with Gasteiger partial charge in [0.2, 0.25) is 0 Å². The minimum Gasteiger partial charge on any atom is -0.494 e. The van der Waals surface area contributed by atoms with Gasteiger partial charge in [0.05, 0.1) is 13.7 Å². The summed E-state index contributed by atoms with van der Waals surface area (Å²) in [4.78, 5) is 0. The molecule has 0 unspecified atom stereocenters. The van der Waals surface area contributed by atoms with Crippen molar-refractivity contribution in [2.24, 2.45) is 0 Å². The Morgan fingerprint density at radius 3 is 2.76 bits per heavy atom. The Morgan fingerprint density at radius 2 is 2.18 bits per heavy atom. The SMILES string of the molecule is COc1ccc(NCc2ccc(Cl)o2)cc1F. The molecule has 0 bridgehead atoms. The van der Waals surface area contributed by atoms with Crippen LogP contribution < -0.4 is 10.1 Å². The first kappa shape index (κ1) is 11.8. The van der Waals surface area contributed by atoms with E-state index in [0.29, 0.717) is 23.2 Å². The molecular formula is C12H11ClFNO2. The zero-order valence-corrected chi connectivity index (χ0v) is 9.92. The van der Waals surface area contributed by atoms with Crippen molar-refractivity contribution < 1.29 is 13.5 Å². The summed E-state index contributed by atoms with van der Waals surface area (Å²) >= 11 is 5.64. The Morgan fingerprint density at radius 1 is 1.35 bits per heavy atom. The number of rotatable bonds is 4. The Labute approximate surface area is 103 Å². The fourth-order valence-electron chi connectivity index (χ4n) is 1.41. The highest BCUT2D eigenvalue weighted by Crippen LogP contribution is 2.21. The molecule has 1 aromatic carbocycles. The fourth-order valence-corrected chi connectivity index (χ4v) is 1.57. The Bertz CT molecular complexity index is 513. The lowest BCUT2D eigenvalue weighted by Crippen LogP contribution is -1.99. The normalized spacial score (nSPS) is 10.3. The van der Waals surface area contributed by atoms with Crippen LogP contribution in [0.15, 0.2) is 34.7 Å². The van der Waals surface area contributed by atoms with E-state index in [2.05, 4.69) is 5.32 Å². The molecule has 0 spiro atoms. The second-order valence-electron chi connectivity index (χ2n) is 3.41. The molecule has 1 aromatic heterocycles. The van der Waals surface area contributed by atoms with Gasteiger partial charge in [0.15, 0.2) is 16.8 Å². The lowest BCUT2D eigenvalue weighted by atomic mass is 10.3. The quantitative estimate of drug-likeness (QED) is 0.905.